The molecule has 0 atom stereocenters. The van der Waals surface area contributed by atoms with E-state index in [9.17, 15) is 4.79 Å². The quantitative estimate of drug-likeness (QED) is 0.351. The van der Waals surface area contributed by atoms with Crippen LogP contribution in [0.3, 0.4) is 0 Å². The van der Waals surface area contributed by atoms with Crippen molar-refractivity contribution in [3.8, 4) is 22.7 Å². The van der Waals surface area contributed by atoms with Gasteiger partial charge in [-0.05, 0) is 54.6 Å². The summed E-state index contributed by atoms with van der Waals surface area (Å²) in [5.41, 5.74) is 5.18. The third kappa shape index (κ3) is 4.57. The molecule has 0 spiro atoms. The van der Waals surface area contributed by atoms with E-state index in [0.29, 0.717) is 17.9 Å². The predicted octanol–water partition coefficient (Wildman–Crippen LogP) is 4.69. The predicted molar refractivity (Wildman–Crippen MR) is 140 cm³/mol. The highest BCUT2D eigenvalue weighted by molar-refractivity contribution is 6.03. The number of ether oxygens (including phenoxy) is 1. The number of anilines is 1. The van der Waals surface area contributed by atoms with Crippen molar-refractivity contribution in [1.29, 1.82) is 0 Å². The van der Waals surface area contributed by atoms with Crippen LogP contribution in [0.2, 0.25) is 0 Å². The molecule has 4 aromatic heterocycles. The highest BCUT2D eigenvalue weighted by Gasteiger charge is 2.18. The number of hydrogen-bond acceptors (Lipinski definition) is 5. The second-order valence-electron chi connectivity index (χ2n) is 8.47. The first-order valence-electron chi connectivity index (χ1n) is 11.7. The lowest BCUT2D eigenvalue weighted by atomic mass is 10.1. The fourth-order valence-electron chi connectivity index (χ4n) is 4.16. The minimum atomic E-state index is -0.322. The molecular formula is C28H23N7O2. The lowest BCUT2D eigenvalue weighted by molar-refractivity contribution is 0.102. The van der Waals surface area contributed by atoms with Gasteiger partial charge in [-0.2, -0.15) is 10.2 Å². The number of benzene rings is 2. The molecule has 0 aliphatic carbocycles. The van der Waals surface area contributed by atoms with Gasteiger partial charge in [0.2, 0.25) is 0 Å². The van der Waals surface area contributed by atoms with Crippen molar-refractivity contribution in [3.63, 3.8) is 0 Å². The Balaban J connectivity index is 1.24. The van der Waals surface area contributed by atoms with Crippen molar-refractivity contribution < 1.29 is 9.53 Å². The molecule has 0 aliphatic heterocycles. The Morgan fingerprint density at radius 3 is 2.57 bits per heavy atom. The molecular weight excluding hydrogens is 466 g/mol. The van der Waals surface area contributed by atoms with Gasteiger partial charge in [-0.1, -0.05) is 24.3 Å². The Labute approximate surface area is 212 Å². The summed E-state index contributed by atoms with van der Waals surface area (Å²) in [4.78, 5) is 17.8. The normalized spacial score (nSPS) is 11.1. The summed E-state index contributed by atoms with van der Waals surface area (Å²) in [6, 6.07) is 25.0. The maximum absolute atomic E-state index is 13.2. The summed E-state index contributed by atoms with van der Waals surface area (Å²) < 4.78 is 10.8. The average molecular weight is 490 g/mol. The Morgan fingerprint density at radius 2 is 1.78 bits per heavy atom. The number of pyridine rings is 1. The van der Waals surface area contributed by atoms with Gasteiger partial charge in [-0.15, -0.1) is 0 Å². The third-order valence-corrected chi connectivity index (χ3v) is 5.96. The molecule has 6 aromatic rings. The SMILES string of the molecule is COc1ccc(-c2cc(C(=O)Nc3cnn(Cc4cn5ccccc5n4)c3)nn2-c2ccccc2)cc1. The first-order chi connectivity index (χ1) is 18.2. The Bertz CT molecular complexity index is 1650. The third-order valence-electron chi connectivity index (χ3n) is 5.96. The fraction of sp³-hybridized carbons (Fsp3) is 0.0714. The zero-order chi connectivity index (χ0) is 25.2. The summed E-state index contributed by atoms with van der Waals surface area (Å²) in [5, 5.41) is 11.9. The van der Waals surface area contributed by atoms with Crippen LogP contribution in [0, 0.1) is 0 Å². The zero-order valence-electron chi connectivity index (χ0n) is 20.0. The molecule has 0 fully saturated rings. The number of hydrogen-bond donors (Lipinski definition) is 1. The van der Waals surface area contributed by atoms with Crippen molar-refractivity contribution in [2.75, 3.05) is 12.4 Å². The number of aromatic nitrogens is 6. The molecule has 6 rings (SSSR count). The first kappa shape index (κ1) is 22.3. The van der Waals surface area contributed by atoms with Crippen molar-refractivity contribution in [1.82, 2.24) is 28.9 Å². The molecule has 0 bridgehead atoms. The first-order valence-corrected chi connectivity index (χ1v) is 11.7. The number of imidazole rings is 1. The van der Waals surface area contributed by atoms with Crippen molar-refractivity contribution in [2.24, 2.45) is 0 Å². The van der Waals surface area contributed by atoms with Crippen LogP contribution >= 0.6 is 0 Å². The molecule has 0 radical (unpaired) electrons. The van der Waals surface area contributed by atoms with Gasteiger partial charge in [0.05, 0.1) is 42.6 Å². The molecule has 0 unspecified atom stereocenters. The Morgan fingerprint density at radius 1 is 0.973 bits per heavy atom. The Hall–Kier alpha value is -5.18. The molecule has 1 N–H and O–H groups in total. The summed E-state index contributed by atoms with van der Waals surface area (Å²) in [7, 11) is 1.63. The largest absolute Gasteiger partial charge is 0.497 e. The van der Waals surface area contributed by atoms with Crippen LogP contribution in [0.1, 0.15) is 16.2 Å². The smallest absolute Gasteiger partial charge is 0.276 e. The molecule has 0 saturated carbocycles. The van der Waals surface area contributed by atoms with E-state index in [1.54, 1.807) is 34.9 Å². The van der Waals surface area contributed by atoms with E-state index in [4.69, 9.17) is 4.74 Å². The van der Waals surface area contributed by atoms with E-state index in [-0.39, 0.29) is 5.91 Å². The maximum Gasteiger partial charge on any atom is 0.276 e. The number of nitrogens with one attached hydrogen (secondary N) is 1. The van der Waals surface area contributed by atoms with Gasteiger partial charge in [0.1, 0.15) is 11.4 Å². The number of methoxy groups -OCH3 is 1. The zero-order valence-corrected chi connectivity index (χ0v) is 20.0. The molecule has 9 nitrogen and oxygen atoms in total. The number of rotatable bonds is 7. The minimum Gasteiger partial charge on any atom is -0.497 e. The topological polar surface area (TPSA) is 91.3 Å². The van der Waals surface area contributed by atoms with Gasteiger partial charge in [-0.3, -0.25) is 9.48 Å². The second-order valence-corrected chi connectivity index (χ2v) is 8.47. The van der Waals surface area contributed by atoms with Gasteiger partial charge >= 0.3 is 0 Å². The lowest BCUT2D eigenvalue weighted by Crippen LogP contribution is -2.12. The molecule has 4 heterocycles. The monoisotopic (exact) mass is 489 g/mol. The van der Waals surface area contributed by atoms with E-state index in [2.05, 4.69) is 20.5 Å². The van der Waals surface area contributed by atoms with E-state index >= 15 is 0 Å². The molecule has 0 aliphatic rings. The maximum atomic E-state index is 13.2. The molecule has 37 heavy (non-hydrogen) atoms. The second kappa shape index (κ2) is 9.46. The molecule has 0 saturated heterocycles. The van der Waals surface area contributed by atoms with Crippen molar-refractivity contribution in [3.05, 3.63) is 115 Å². The minimum absolute atomic E-state index is 0.294. The summed E-state index contributed by atoms with van der Waals surface area (Å²) >= 11 is 0. The summed E-state index contributed by atoms with van der Waals surface area (Å²) in [6.07, 6.45) is 7.31. The highest BCUT2D eigenvalue weighted by Crippen LogP contribution is 2.26. The van der Waals surface area contributed by atoms with Crippen molar-refractivity contribution in [2.45, 2.75) is 6.54 Å². The van der Waals surface area contributed by atoms with Crippen LogP contribution in [-0.4, -0.2) is 42.0 Å². The number of carbonyl (C=O) groups is 1. The molecule has 2 aromatic carbocycles. The van der Waals surface area contributed by atoms with Gasteiger partial charge in [0, 0.05) is 24.2 Å². The van der Waals surface area contributed by atoms with Crippen LogP contribution in [-0.2, 0) is 6.54 Å². The van der Waals surface area contributed by atoms with Gasteiger partial charge in [0.15, 0.2) is 5.69 Å². The number of amides is 1. The average Bonchev–Trinajstić information content (AvgIpc) is 3.67. The van der Waals surface area contributed by atoms with Crippen LogP contribution in [0.4, 0.5) is 5.69 Å². The number of carbonyl (C=O) groups excluding carboxylic acids is 1. The fourth-order valence-corrected chi connectivity index (χ4v) is 4.16. The van der Waals surface area contributed by atoms with E-state index in [1.807, 2.05) is 89.6 Å². The van der Waals surface area contributed by atoms with Crippen LogP contribution in [0.15, 0.2) is 104 Å². The van der Waals surface area contributed by atoms with Gasteiger partial charge in [-0.25, -0.2) is 9.67 Å². The van der Waals surface area contributed by atoms with E-state index < -0.39 is 0 Å². The van der Waals surface area contributed by atoms with Crippen LogP contribution in [0.5, 0.6) is 5.75 Å². The van der Waals surface area contributed by atoms with Crippen molar-refractivity contribution >= 4 is 17.2 Å². The molecule has 182 valence electrons. The van der Waals surface area contributed by atoms with E-state index in [0.717, 1.165) is 34.0 Å². The number of para-hydroxylation sites is 1. The standard InChI is InChI=1S/C28H23N7O2/c1-37-24-12-10-20(11-13-24)26-15-25(32-35(26)23-7-3-2-4-8-23)28(36)31-21-16-29-34(18-21)19-22-17-33-14-6-5-9-27(33)30-22/h2-18H,19H2,1H3,(H,31,36). The van der Waals surface area contributed by atoms with Crippen LogP contribution < -0.4 is 10.1 Å². The lowest BCUT2D eigenvalue weighted by Gasteiger charge is -2.08. The highest BCUT2D eigenvalue weighted by atomic mass is 16.5. The Kier molecular flexibility index (Phi) is 5.70. The van der Waals surface area contributed by atoms with E-state index in [1.165, 1.54) is 0 Å². The molecule has 1 amide bonds. The summed E-state index contributed by atoms with van der Waals surface area (Å²) in [5.74, 6) is 0.435. The number of nitrogens with zero attached hydrogens (tertiary/aromatic N) is 6. The van der Waals surface area contributed by atoms with Gasteiger partial charge < -0.3 is 14.5 Å². The molecule has 9 heteroatoms. The number of fused-ring (bicyclic) bond motifs is 1. The van der Waals surface area contributed by atoms with Crippen LogP contribution in [0.25, 0.3) is 22.6 Å². The summed E-state index contributed by atoms with van der Waals surface area (Å²) in [6.45, 7) is 0.488. The van der Waals surface area contributed by atoms with Gasteiger partial charge in [0.25, 0.3) is 5.91 Å².